The van der Waals surface area contributed by atoms with Gasteiger partial charge in [-0.25, -0.2) is 19.6 Å². The number of nitrogens with one attached hydrogen (secondary N) is 2. The van der Waals surface area contributed by atoms with E-state index in [1.54, 1.807) is 0 Å². The summed E-state index contributed by atoms with van der Waals surface area (Å²) in [5.74, 6) is 4.21. The van der Waals surface area contributed by atoms with E-state index in [1.807, 2.05) is 177 Å². The van der Waals surface area contributed by atoms with Crippen molar-refractivity contribution in [1.82, 2.24) is 39.5 Å². The van der Waals surface area contributed by atoms with Crippen molar-refractivity contribution < 1.29 is 47.5 Å². The van der Waals surface area contributed by atoms with Gasteiger partial charge < -0.3 is 47.9 Å². The quantitative estimate of drug-likeness (QED) is 0.168. The lowest BCUT2D eigenvalue weighted by Gasteiger charge is -2.52. The van der Waals surface area contributed by atoms with Gasteiger partial charge in [-0.3, -0.25) is 19.6 Å². The van der Waals surface area contributed by atoms with Crippen LogP contribution in [-0.4, -0.2) is 104 Å². The van der Waals surface area contributed by atoms with Gasteiger partial charge in [-0.05, 0) is 119 Å². The molecule has 16 bridgehead atoms. The van der Waals surface area contributed by atoms with Crippen molar-refractivity contribution in [2.45, 2.75) is 37.5 Å². The Morgan fingerprint density at radius 3 is 0.784 bits per heavy atom. The summed E-state index contributed by atoms with van der Waals surface area (Å²) in [6.45, 7) is 1.29. The number of aromatic amines is 2. The fourth-order valence-corrected chi connectivity index (χ4v) is 16.7. The van der Waals surface area contributed by atoms with Gasteiger partial charge in [0.15, 0.2) is 34.3 Å². The van der Waals surface area contributed by atoms with Crippen molar-refractivity contribution in [2.75, 3.05) is 52.9 Å². The van der Waals surface area contributed by atoms with Crippen LogP contribution >= 0.6 is 0 Å². The molecule has 0 unspecified atom stereocenters. The lowest BCUT2D eigenvalue weighted by molar-refractivity contribution is -0.0915. The first-order valence-electron chi connectivity index (χ1n) is 34.5. The number of fused-ring (bicyclic) bond motifs is 29. The Balaban J connectivity index is 0.885. The molecule has 8 aliphatic heterocycles. The molecular formula is C84H64N8O10. The molecule has 11 heterocycles. The highest BCUT2D eigenvalue weighted by molar-refractivity contribution is 6.02. The Morgan fingerprint density at radius 1 is 0.284 bits per heavy atom. The van der Waals surface area contributed by atoms with Crippen LogP contribution in [0.4, 0.5) is 9.59 Å². The van der Waals surface area contributed by atoms with Gasteiger partial charge in [-0.2, -0.15) is 0 Å². The highest BCUT2D eigenvalue weighted by Crippen LogP contribution is 2.66. The number of hydrogen-bond donors (Lipinski definition) is 2. The monoisotopic (exact) mass is 1340 g/mol. The van der Waals surface area contributed by atoms with E-state index in [1.165, 1.54) is 0 Å². The molecule has 0 atom stereocenters. The Kier molecular flexibility index (Phi) is 13.7. The Bertz CT molecular complexity index is 4950. The molecule has 2 N–H and O–H groups in total. The van der Waals surface area contributed by atoms with Crippen molar-refractivity contribution in [3.8, 4) is 90.5 Å². The standard InChI is InChI=1S/C84H64N8O10/c93-81-89-47-51-43-73-75-45-53(51)49-91(81)84(56-17-5-2-6-18-56)83(89,55-15-3-1-4-16-55)90-48-52-44-74-76(46-54(52)50-92(84)82(90)94)102-42-38-98-72-26-14-10-22-60(72)80-64-30-29-63(86-64)79(59-21-9-13-25-71(59)97-37-41-101-75)67-33-31-65(87-67)77(57-19-7-11-23-69(57)95-35-39-99-73)61-27-28-62(85-61)78(66-32-34-68(80)88-66)58-20-8-12-24-70(58)96-36-40-100-74/h1-34,43-46,85-86H,35-42,47-50H2. The summed E-state index contributed by atoms with van der Waals surface area (Å²) in [7, 11) is 0. The summed E-state index contributed by atoms with van der Waals surface area (Å²) < 4.78 is 55.5. The SMILES string of the molecule is O=C1N2Cc3cc4c5cc3CN1C1(c3ccccc3)N3Cc6cc7c(cc6CN(C3=O)C21c1ccccc1)OCCOc1ccccc1-c1c2nc(c(c3ccc([nH]3)c(c3nc(c(c6ccc1[nH]6)-c1ccccc1OCCO4)C=C3)-c1ccccc1OCCO5)-c1ccccc1OCCO7)C=C2. The molecule has 102 heavy (non-hydrogen) atoms. The number of benzene rings is 8. The van der Waals surface area contributed by atoms with Crippen LogP contribution in [0.15, 0.2) is 206 Å². The average Bonchev–Trinajstić information content (AvgIpc) is 1.47. The van der Waals surface area contributed by atoms with E-state index in [2.05, 4.69) is 82.8 Å². The van der Waals surface area contributed by atoms with Crippen LogP contribution in [0.2, 0.25) is 0 Å². The topological polar surface area (TPSA) is 178 Å². The van der Waals surface area contributed by atoms with Gasteiger partial charge in [-0.1, -0.05) is 133 Å². The summed E-state index contributed by atoms with van der Waals surface area (Å²) in [4.78, 5) is 59.7. The third kappa shape index (κ3) is 9.03. The van der Waals surface area contributed by atoms with Gasteiger partial charge in [0.05, 0.1) is 49.0 Å². The number of urea groups is 2. The predicted octanol–water partition coefficient (Wildman–Crippen LogP) is 16.0. The molecule has 2 saturated heterocycles. The molecule has 18 nitrogen and oxygen atoms in total. The van der Waals surface area contributed by atoms with Crippen molar-refractivity contribution in [1.29, 1.82) is 0 Å². The number of carbonyl (C=O) groups excluding carboxylic acids is 2. The summed E-state index contributed by atoms with van der Waals surface area (Å²) in [5.41, 5.74) is 13.9. The molecule has 0 aliphatic carbocycles. The number of ether oxygens (including phenoxy) is 8. The first kappa shape index (κ1) is 59.4. The second-order valence-corrected chi connectivity index (χ2v) is 26.4. The average molecular weight is 1350 g/mol. The predicted molar refractivity (Wildman–Crippen MR) is 387 cm³/mol. The van der Waals surface area contributed by atoms with Crippen LogP contribution in [0.25, 0.3) is 90.9 Å². The Hall–Kier alpha value is -12.7. The molecular weight excluding hydrogens is 1280 g/mol. The summed E-state index contributed by atoms with van der Waals surface area (Å²) in [6.07, 6.45) is 8.25. The van der Waals surface area contributed by atoms with E-state index in [0.717, 1.165) is 100.0 Å². The van der Waals surface area contributed by atoms with E-state index < -0.39 is 11.3 Å². The highest BCUT2D eigenvalue weighted by Gasteiger charge is 2.80. The number of nitrogens with zero attached hydrogens (tertiary/aromatic N) is 6. The number of carbonyl (C=O) groups is 2. The zero-order valence-electron chi connectivity index (χ0n) is 55.2. The normalized spacial score (nSPS) is 18.9. The molecule has 2 fully saturated rings. The van der Waals surface area contributed by atoms with Gasteiger partial charge in [0.2, 0.25) is 0 Å². The number of rotatable bonds is 2. The van der Waals surface area contributed by atoms with Crippen LogP contribution in [0, 0.1) is 0 Å². The van der Waals surface area contributed by atoms with Crippen molar-refractivity contribution in [3.05, 3.63) is 262 Å². The fraction of sp³-hybridized carbons (Fsp3) is 0.167. The largest absolute Gasteiger partial charge is 0.489 e. The van der Waals surface area contributed by atoms with Crippen LogP contribution < -0.4 is 37.9 Å². The summed E-state index contributed by atoms with van der Waals surface area (Å²) in [6, 6.07) is 67.9. The van der Waals surface area contributed by atoms with Gasteiger partial charge in [0.25, 0.3) is 0 Å². The van der Waals surface area contributed by atoms with Crippen molar-refractivity contribution >= 4 is 58.4 Å². The molecule has 8 aromatic carbocycles. The Labute approximate surface area is 585 Å². The zero-order valence-corrected chi connectivity index (χ0v) is 55.2. The zero-order chi connectivity index (χ0) is 67.6. The van der Waals surface area contributed by atoms with Gasteiger partial charge in [0, 0.05) is 77.7 Å². The van der Waals surface area contributed by atoms with Gasteiger partial charge in [-0.15, -0.1) is 0 Å². The molecule has 0 saturated carbocycles. The molecule has 4 amide bonds. The summed E-state index contributed by atoms with van der Waals surface area (Å²) in [5, 5.41) is 0. The van der Waals surface area contributed by atoms with Crippen LogP contribution in [0.5, 0.6) is 46.0 Å². The highest BCUT2D eigenvalue weighted by atomic mass is 16.6. The number of H-pyrrole nitrogens is 2. The molecule has 11 aromatic rings. The van der Waals surface area contributed by atoms with Gasteiger partial charge in [0.1, 0.15) is 75.9 Å². The van der Waals surface area contributed by atoms with Crippen LogP contribution in [-0.2, 0) is 37.5 Å². The molecule has 500 valence electrons. The van der Waals surface area contributed by atoms with E-state index in [9.17, 15) is 0 Å². The maximum atomic E-state index is 16.4. The second kappa shape index (κ2) is 23.5. The Morgan fingerprint density at radius 2 is 0.520 bits per heavy atom. The van der Waals surface area contributed by atoms with E-state index in [4.69, 9.17) is 47.9 Å². The third-order valence-corrected chi connectivity index (χ3v) is 20.9. The van der Waals surface area contributed by atoms with E-state index in [0.29, 0.717) is 68.8 Å². The number of para-hydroxylation sites is 4. The fourth-order valence-electron chi connectivity index (χ4n) is 16.7. The number of aromatic nitrogens is 4. The molecule has 0 spiro atoms. The number of amides is 4. The molecule has 19 rings (SSSR count). The van der Waals surface area contributed by atoms with Crippen molar-refractivity contribution in [3.63, 3.8) is 0 Å². The van der Waals surface area contributed by atoms with Crippen molar-refractivity contribution in [2.24, 2.45) is 0 Å². The van der Waals surface area contributed by atoms with Gasteiger partial charge >= 0.3 is 12.1 Å². The maximum absolute atomic E-state index is 16.4. The third-order valence-electron chi connectivity index (χ3n) is 20.9. The minimum absolute atomic E-state index is 0.0935. The van der Waals surface area contributed by atoms with E-state index in [-0.39, 0.29) is 91.1 Å². The first-order valence-corrected chi connectivity index (χ1v) is 34.5. The van der Waals surface area contributed by atoms with Crippen LogP contribution in [0.3, 0.4) is 0 Å². The first-order chi connectivity index (χ1) is 50.4. The molecule has 3 aromatic heterocycles. The lowest BCUT2D eigenvalue weighted by atomic mass is 9.77. The second-order valence-electron chi connectivity index (χ2n) is 26.4. The van der Waals surface area contributed by atoms with E-state index >= 15 is 9.59 Å². The number of hydrogen-bond acceptors (Lipinski definition) is 12. The maximum Gasteiger partial charge on any atom is 0.325 e. The smallest absolute Gasteiger partial charge is 0.325 e. The molecule has 8 aliphatic rings. The molecule has 0 radical (unpaired) electrons. The summed E-state index contributed by atoms with van der Waals surface area (Å²) >= 11 is 0. The molecule has 18 heteroatoms. The lowest BCUT2D eigenvalue weighted by Crippen LogP contribution is -2.64. The van der Waals surface area contributed by atoms with Crippen LogP contribution in [0.1, 0.15) is 56.2 Å². The minimum Gasteiger partial charge on any atom is -0.489 e. The minimum atomic E-state index is -1.47.